The molecule has 2 aromatic rings. The molecule has 0 saturated heterocycles. The predicted octanol–water partition coefficient (Wildman–Crippen LogP) is 3.77. The van der Waals surface area contributed by atoms with E-state index in [2.05, 4.69) is 43.5 Å². The van der Waals surface area contributed by atoms with Gasteiger partial charge >= 0.3 is 0 Å². The molecule has 6 heteroatoms. The van der Waals surface area contributed by atoms with Crippen LogP contribution in [-0.2, 0) is 6.54 Å². The maximum atomic E-state index is 5.92. The Kier molecular flexibility index (Phi) is 6.40. The first-order valence-electron chi connectivity index (χ1n) is 9.14. The first kappa shape index (κ1) is 19.3. The minimum Gasteiger partial charge on any atom is -0.493 e. The van der Waals surface area contributed by atoms with Crippen LogP contribution in [0.5, 0.6) is 17.2 Å². The first-order valence-corrected chi connectivity index (χ1v) is 9.54. The van der Waals surface area contributed by atoms with E-state index in [0.29, 0.717) is 18.3 Å². The van der Waals surface area contributed by atoms with E-state index in [1.54, 1.807) is 0 Å². The maximum Gasteiger partial charge on any atom is 0.231 e. The molecule has 0 bridgehead atoms. The highest BCUT2D eigenvalue weighted by atomic mass is 32.1. The van der Waals surface area contributed by atoms with Crippen LogP contribution in [-0.4, -0.2) is 25.1 Å². The summed E-state index contributed by atoms with van der Waals surface area (Å²) in [6.07, 6.45) is 0.873. The van der Waals surface area contributed by atoms with E-state index in [1.807, 2.05) is 18.2 Å². The van der Waals surface area contributed by atoms with E-state index in [1.165, 1.54) is 16.7 Å². The average molecular weight is 387 g/mol. The molecule has 5 nitrogen and oxygen atoms in total. The maximum absolute atomic E-state index is 5.92. The molecule has 144 valence electrons. The number of ether oxygens (including phenoxy) is 3. The van der Waals surface area contributed by atoms with Crippen LogP contribution in [0.15, 0.2) is 30.3 Å². The Hall–Kier alpha value is -2.47. The van der Waals surface area contributed by atoms with Gasteiger partial charge in [-0.3, -0.25) is 0 Å². The molecular formula is C21H26N2O3S. The van der Waals surface area contributed by atoms with Gasteiger partial charge < -0.3 is 24.8 Å². The van der Waals surface area contributed by atoms with Gasteiger partial charge in [0.25, 0.3) is 0 Å². The minimum absolute atomic E-state index is 0.288. The lowest BCUT2D eigenvalue weighted by Crippen LogP contribution is -2.35. The topological polar surface area (TPSA) is 51.8 Å². The van der Waals surface area contributed by atoms with Crippen LogP contribution in [0.4, 0.5) is 0 Å². The van der Waals surface area contributed by atoms with Crippen LogP contribution in [0.25, 0.3) is 0 Å². The molecule has 0 aromatic heterocycles. The van der Waals surface area contributed by atoms with E-state index in [0.717, 1.165) is 35.8 Å². The van der Waals surface area contributed by atoms with Crippen molar-refractivity contribution in [1.82, 2.24) is 10.6 Å². The summed E-state index contributed by atoms with van der Waals surface area (Å²) in [7, 11) is 0. The highest BCUT2D eigenvalue weighted by molar-refractivity contribution is 7.80. The summed E-state index contributed by atoms with van der Waals surface area (Å²) in [5, 5.41) is 7.05. The SMILES string of the molecule is Cc1cc(C)c(C)c(OCCCNC(=S)NCc2ccc3c(c2)OCO3)c1. The van der Waals surface area contributed by atoms with Crippen molar-refractivity contribution < 1.29 is 14.2 Å². The standard InChI is InChI=1S/C21H26N2O3S/c1-14-9-15(2)16(3)19(10-14)24-8-4-7-22-21(27)23-12-17-5-6-18-20(11-17)26-13-25-18/h5-6,9-11H,4,7-8,12-13H2,1-3H3,(H2,22,23,27). The Morgan fingerprint density at radius 1 is 1.07 bits per heavy atom. The zero-order valence-electron chi connectivity index (χ0n) is 16.1. The fourth-order valence-electron chi connectivity index (χ4n) is 2.90. The monoisotopic (exact) mass is 386 g/mol. The second-order valence-electron chi connectivity index (χ2n) is 6.70. The number of hydrogen-bond donors (Lipinski definition) is 2. The lowest BCUT2D eigenvalue weighted by molar-refractivity contribution is 0.174. The van der Waals surface area contributed by atoms with Gasteiger partial charge in [0.15, 0.2) is 16.6 Å². The largest absolute Gasteiger partial charge is 0.493 e. The smallest absolute Gasteiger partial charge is 0.231 e. The van der Waals surface area contributed by atoms with Gasteiger partial charge in [0, 0.05) is 13.1 Å². The summed E-state index contributed by atoms with van der Waals surface area (Å²) in [6.45, 7) is 8.64. The summed E-state index contributed by atoms with van der Waals surface area (Å²) in [4.78, 5) is 0. The Bertz CT molecular complexity index is 823. The second-order valence-corrected chi connectivity index (χ2v) is 7.11. The van der Waals surface area contributed by atoms with Gasteiger partial charge in [-0.15, -0.1) is 0 Å². The first-order chi connectivity index (χ1) is 13.0. The van der Waals surface area contributed by atoms with Crippen LogP contribution < -0.4 is 24.8 Å². The molecule has 1 heterocycles. The molecule has 27 heavy (non-hydrogen) atoms. The average Bonchev–Trinajstić information content (AvgIpc) is 3.11. The number of rotatable bonds is 7. The molecule has 3 rings (SSSR count). The molecule has 0 unspecified atom stereocenters. The summed E-state index contributed by atoms with van der Waals surface area (Å²) < 4.78 is 16.6. The van der Waals surface area contributed by atoms with E-state index in [-0.39, 0.29) is 6.79 Å². The molecule has 0 saturated carbocycles. The number of thiocarbonyl (C=S) groups is 1. The Balaban J connectivity index is 1.34. The third kappa shape index (κ3) is 5.26. The highest BCUT2D eigenvalue weighted by Gasteiger charge is 2.13. The number of aryl methyl sites for hydroxylation is 2. The van der Waals surface area contributed by atoms with E-state index in [9.17, 15) is 0 Å². The van der Waals surface area contributed by atoms with Gasteiger partial charge in [-0.25, -0.2) is 0 Å². The van der Waals surface area contributed by atoms with Crippen molar-refractivity contribution >= 4 is 17.3 Å². The Morgan fingerprint density at radius 3 is 2.74 bits per heavy atom. The third-order valence-corrected chi connectivity index (χ3v) is 4.81. The van der Waals surface area contributed by atoms with Gasteiger partial charge in [0.05, 0.1) is 6.61 Å². The summed E-state index contributed by atoms with van der Waals surface area (Å²) >= 11 is 5.33. The van der Waals surface area contributed by atoms with Gasteiger partial charge in [-0.05, 0) is 79.9 Å². The molecule has 0 aliphatic carbocycles. The zero-order valence-corrected chi connectivity index (χ0v) is 16.9. The van der Waals surface area contributed by atoms with Crippen LogP contribution in [0, 0.1) is 20.8 Å². The van der Waals surface area contributed by atoms with Crippen LogP contribution in [0.1, 0.15) is 28.7 Å². The van der Waals surface area contributed by atoms with Crippen molar-refractivity contribution in [2.45, 2.75) is 33.7 Å². The van der Waals surface area contributed by atoms with Gasteiger partial charge in [0.1, 0.15) is 5.75 Å². The van der Waals surface area contributed by atoms with E-state index in [4.69, 9.17) is 26.4 Å². The van der Waals surface area contributed by atoms with Crippen molar-refractivity contribution in [3.8, 4) is 17.2 Å². The van der Waals surface area contributed by atoms with Crippen LogP contribution in [0.2, 0.25) is 0 Å². The fourth-order valence-corrected chi connectivity index (χ4v) is 3.08. The molecule has 2 aromatic carbocycles. The van der Waals surface area contributed by atoms with E-state index < -0.39 is 0 Å². The Morgan fingerprint density at radius 2 is 1.89 bits per heavy atom. The fraction of sp³-hybridized carbons (Fsp3) is 0.381. The van der Waals surface area contributed by atoms with E-state index >= 15 is 0 Å². The third-order valence-electron chi connectivity index (χ3n) is 4.52. The number of benzene rings is 2. The molecule has 0 amide bonds. The lowest BCUT2D eigenvalue weighted by atomic mass is 10.1. The minimum atomic E-state index is 0.288. The van der Waals surface area contributed by atoms with Crippen molar-refractivity contribution in [3.63, 3.8) is 0 Å². The molecule has 1 aliphatic heterocycles. The number of nitrogens with one attached hydrogen (secondary N) is 2. The summed E-state index contributed by atoms with van der Waals surface area (Å²) in [5.74, 6) is 2.54. The van der Waals surface area contributed by atoms with Crippen molar-refractivity contribution in [1.29, 1.82) is 0 Å². The van der Waals surface area contributed by atoms with Crippen molar-refractivity contribution in [3.05, 3.63) is 52.6 Å². The van der Waals surface area contributed by atoms with Crippen molar-refractivity contribution in [2.75, 3.05) is 19.9 Å². The van der Waals surface area contributed by atoms with Gasteiger partial charge in [0.2, 0.25) is 6.79 Å². The molecular weight excluding hydrogens is 360 g/mol. The normalized spacial score (nSPS) is 12.0. The van der Waals surface area contributed by atoms with Crippen LogP contribution in [0.3, 0.4) is 0 Å². The van der Waals surface area contributed by atoms with Gasteiger partial charge in [-0.1, -0.05) is 12.1 Å². The predicted molar refractivity (Wildman–Crippen MR) is 111 cm³/mol. The molecule has 0 spiro atoms. The number of fused-ring (bicyclic) bond motifs is 1. The lowest BCUT2D eigenvalue weighted by Gasteiger charge is -2.13. The number of hydrogen-bond acceptors (Lipinski definition) is 4. The van der Waals surface area contributed by atoms with Crippen LogP contribution >= 0.6 is 12.2 Å². The summed E-state index contributed by atoms with van der Waals surface area (Å²) in [6, 6.07) is 10.2. The molecule has 1 aliphatic rings. The van der Waals surface area contributed by atoms with Crippen molar-refractivity contribution in [2.24, 2.45) is 0 Å². The molecule has 0 radical (unpaired) electrons. The molecule has 0 atom stereocenters. The Labute approximate surface area is 166 Å². The highest BCUT2D eigenvalue weighted by Crippen LogP contribution is 2.32. The molecule has 2 N–H and O–H groups in total. The van der Waals surface area contributed by atoms with Gasteiger partial charge in [-0.2, -0.15) is 0 Å². The summed E-state index contributed by atoms with van der Waals surface area (Å²) in [5.41, 5.74) is 4.78. The zero-order chi connectivity index (χ0) is 19.2. The second kappa shape index (κ2) is 8.95. The quantitative estimate of drug-likeness (QED) is 0.558. The molecule has 0 fully saturated rings.